The van der Waals surface area contributed by atoms with Crippen molar-refractivity contribution in [1.82, 2.24) is 5.16 Å². The fourth-order valence-corrected chi connectivity index (χ4v) is 2.15. The summed E-state index contributed by atoms with van der Waals surface area (Å²) < 4.78 is 33.5. The van der Waals surface area contributed by atoms with Crippen molar-refractivity contribution in [3.05, 3.63) is 65.9 Å². The molecule has 0 atom stereocenters. The minimum absolute atomic E-state index is 0.00863. The highest BCUT2D eigenvalue weighted by atomic mass is 19.3. The summed E-state index contributed by atoms with van der Waals surface area (Å²) in [5.74, 6) is -0.439. The van der Waals surface area contributed by atoms with E-state index in [1.54, 1.807) is 0 Å². The molecule has 2 aromatic carbocycles. The van der Waals surface area contributed by atoms with Crippen molar-refractivity contribution in [1.29, 1.82) is 0 Å². The molecule has 3 aromatic rings. The number of ether oxygens (including phenoxy) is 1. The summed E-state index contributed by atoms with van der Waals surface area (Å²) in [4.78, 5) is 12.2. The number of hydrogen-bond acceptors (Lipinski definition) is 4. The first-order valence-corrected chi connectivity index (χ1v) is 7.41. The van der Waals surface area contributed by atoms with E-state index < -0.39 is 12.5 Å². The summed E-state index contributed by atoms with van der Waals surface area (Å²) in [7, 11) is 0. The molecule has 1 N–H and O–H groups in total. The number of halogens is 2. The van der Waals surface area contributed by atoms with E-state index in [9.17, 15) is 13.6 Å². The smallest absolute Gasteiger partial charge is 0.387 e. The van der Waals surface area contributed by atoms with Gasteiger partial charge >= 0.3 is 6.61 Å². The Bertz CT molecular complexity index is 859. The van der Waals surface area contributed by atoms with Gasteiger partial charge in [-0.05, 0) is 31.2 Å². The summed E-state index contributed by atoms with van der Waals surface area (Å²) >= 11 is 0. The third-order valence-electron chi connectivity index (χ3n) is 3.42. The van der Waals surface area contributed by atoms with Crippen LogP contribution >= 0.6 is 0 Å². The highest BCUT2D eigenvalue weighted by molar-refractivity contribution is 6.02. The van der Waals surface area contributed by atoms with Gasteiger partial charge in [-0.2, -0.15) is 8.78 Å². The molecule has 0 unspecified atom stereocenters. The average Bonchev–Trinajstić information content (AvgIpc) is 3.07. The van der Waals surface area contributed by atoms with Crippen molar-refractivity contribution in [2.45, 2.75) is 13.5 Å². The van der Waals surface area contributed by atoms with Crippen molar-refractivity contribution in [3.63, 3.8) is 0 Å². The zero-order valence-corrected chi connectivity index (χ0v) is 13.2. The molecule has 7 heteroatoms. The van der Waals surface area contributed by atoms with Crippen molar-refractivity contribution in [3.8, 4) is 17.0 Å². The third-order valence-corrected chi connectivity index (χ3v) is 3.42. The lowest BCUT2D eigenvalue weighted by Gasteiger charge is -2.06. The zero-order chi connectivity index (χ0) is 17.8. The Labute approximate surface area is 142 Å². The largest absolute Gasteiger partial charge is 0.435 e. The maximum atomic E-state index is 12.2. The van der Waals surface area contributed by atoms with Crippen LogP contribution < -0.4 is 10.1 Å². The van der Waals surface area contributed by atoms with Crippen molar-refractivity contribution in [2.24, 2.45) is 0 Å². The molecule has 1 amide bonds. The van der Waals surface area contributed by atoms with Gasteiger partial charge in [0.15, 0.2) is 0 Å². The number of nitrogens with zero attached hydrogens (tertiary/aromatic N) is 1. The molecule has 1 aromatic heterocycles. The second-order valence-electron chi connectivity index (χ2n) is 5.30. The standard InChI is InChI=1S/C18H14F2N2O3/c1-11-2-4-12(5-3-11)15-10-16(25-22-15)17(23)21-13-6-8-14(9-7-13)24-18(19)20/h2-10,18H,1H3,(H,21,23). The monoisotopic (exact) mass is 344 g/mol. The first-order chi connectivity index (χ1) is 12.0. The molecule has 0 radical (unpaired) electrons. The summed E-state index contributed by atoms with van der Waals surface area (Å²) in [6, 6.07) is 14.8. The Morgan fingerprint density at radius 3 is 2.44 bits per heavy atom. The minimum Gasteiger partial charge on any atom is -0.435 e. The molecular formula is C18H14F2N2O3. The number of carbonyl (C=O) groups excluding carboxylic acids is 1. The normalized spacial score (nSPS) is 10.7. The van der Waals surface area contributed by atoms with Gasteiger partial charge in [0.25, 0.3) is 5.91 Å². The highest BCUT2D eigenvalue weighted by Crippen LogP contribution is 2.21. The van der Waals surface area contributed by atoms with E-state index in [0.717, 1.165) is 11.1 Å². The van der Waals surface area contributed by atoms with Crippen LogP contribution in [0.5, 0.6) is 5.75 Å². The number of alkyl halides is 2. The molecule has 0 bridgehead atoms. The van der Waals surface area contributed by atoms with Crippen LogP contribution in [0.1, 0.15) is 16.1 Å². The maximum absolute atomic E-state index is 12.2. The van der Waals surface area contributed by atoms with Gasteiger partial charge in [0, 0.05) is 17.3 Å². The van der Waals surface area contributed by atoms with E-state index in [4.69, 9.17) is 4.52 Å². The number of hydrogen-bond donors (Lipinski definition) is 1. The number of benzene rings is 2. The van der Waals surface area contributed by atoms with E-state index in [-0.39, 0.29) is 11.5 Å². The SMILES string of the molecule is Cc1ccc(-c2cc(C(=O)Nc3ccc(OC(F)F)cc3)on2)cc1. The van der Waals surface area contributed by atoms with Crippen LogP contribution in [0.15, 0.2) is 59.1 Å². The van der Waals surface area contributed by atoms with Gasteiger partial charge in [0.1, 0.15) is 11.4 Å². The molecule has 0 aliphatic heterocycles. The molecule has 0 saturated heterocycles. The van der Waals surface area contributed by atoms with E-state index in [1.165, 1.54) is 30.3 Å². The molecule has 0 aliphatic rings. The van der Waals surface area contributed by atoms with Gasteiger partial charge in [0.2, 0.25) is 5.76 Å². The van der Waals surface area contributed by atoms with Gasteiger partial charge < -0.3 is 14.6 Å². The summed E-state index contributed by atoms with van der Waals surface area (Å²) in [6.07, 6.45) is 0. The van der Waals surface area contributed by atoms with Gasteiger partial charge in [-0.3, -0.25) is 4.79 Å². The number of aromatic nitrogens is 1. The summed E-state index contributed by atoms with van der Waals surface area (Å²) in [6.45, 7) is -0.918. The van der Waals surface area contributed by atoms with Gasteiger partial charge in [-0.25, -0.2) is 0 Å². The predicted octanol–water partition coefficient (Wildman–Crippen LogP) is 4.50. The number of anilines is 1. The second-order valence-corrected chi connectivity index (χ2v) is 5.30. The van der Waals surface area contributed by atoms with E-state index in [2.05, 4.69) is 15.2 Å². The van der Waals surface area contributed by atoms with Crippen LogP contribution in [0.25, 0.3) is 11.3 Å². The first kappa shape index (κ1) is 16.6. The molecule has 0 aliphatic carbocycles. The first-order valence-electron chi connectivity index (χ1n) is 7.41. The molecule has 3 rings (SSSR count). The molecule has 0 fully saturated rings. The Kier molecular flexibility index (Phi) is 4.74. The molecule has 0 spiro atoms. The summed E-state index contributed by atoms with van der Waals surface area (Å²) in [5.41, 5.74) is 2.91. The number of carbonyl (C=O) groups is 1. The number of amides is 1. The Balaban J connectivity index is 1.68. The van der Waals surface area contributed by atoms with Crippen LogP contribution in [0.2, 0.25) is 0 Å². The lowest BCUT2D eigenvalue weighted by atomic mass is 10.1. The van der Waals surface area contributed by atoms with Gasteiger partial charge in [0.05, 0.1) is 0 Å². The summed E-state index contributed by atoms with van der Waals surface area (Å²) in [5, 5.41) is 6.48. The fourth-order valence-electron chi connectivity index (χ4n) is 2.15. The zero-order valence-electron chi connectivity index (χ0n) is 13.2. The Morgan fingerprint density at radius 2 is 1.80 bits per heavy atom. The van der Waals surface area contributed by atoms with Crippen LogP contribution in [0.3, 0.4) is 0 Å². The average molecular weight is 344 g/mol. The molecule has 25 heavy (non-hydrogen) atoms. The molecule has 128 valence electrons. The van der Waals surface area contributed by atoms with Gasteiger partial charge in [-0.1, -0.05) is 35.0 Å². The maximum Gasteiger partial charge on any atom is 0.387 e. The van der Waals surface area contributed by atoms with E-state index in [1.807, 2.05) is 31.2 Å². The topological polar surface area (TPSA) is 64.4 Å². The molecular weight excluding hydrogens is 330 g/mol. The van der Waals surface area contributed by atoms with Crippen molar-refractivity contribution in [2.75, 3.05) is 5.32 Å². The molecule has 1 heterocycles. The van der Waals surface area contributed by atoms with Crippen molar-refractivity contribution < 1.29 is 22.8 Å². The van der Waals surface area contributed by atoms with Crippen LogP contribution in [0, 0.1) is 6.92 Å². The molecule has 0 saturated carbocycles. The minimum atomic E-state index is -2.89. The fraction of sp³-hybridized carbons (Fsp3) is 0.111. The number of nitrogens with one attached hydrogen (secondary N) is 1. The van der Waals surface area contributed by atoms with Crippen molar-refractivity contribution >= 4 is 11.6 Å². The quantitative estimate of drug-likeness (QED) is 0.740. The predicted molar refractivity (Wildman–Crippen MR) is 87.7 cm³/mol. The van der Waals surface area contributed by atoms with E-state index >= 15 is 0 Å². The Morgan fingerprint density at radius 1 is 1.12 bits per heavy atom. The van der Waals surface area contributed by atoms with Gasteiger partial charge in [-0.15, -0.1) is 0 Å². The number of aryl methyl sites for hydroxylation is 1. The van der Waals surface area contributed by atoms with Crippen LogP contribution in [0.4, 0.5) is 14.5 Å². The number of rotatable bonds is 5. The lowest BCUT2D eigenvalue weighted by molar-refractivity contribution is -0.0498. The molecule has 5 nitrogen and oxygen atoms in total. The second kappa shape index (κ2) is 7.12. The van der Waals surface area contributed by atoms with Crippen LogP contribution in [-0.2, 0) is 0 Å². The van der Waals surface area contributed by atoms with Crippen LogP contribution in [-0.4, -0.2) is 17.7 Å². The highest BCUT2D eigenvalue weighted by Gasteiger charge is 2.14. The Hall–Kier alpha value is -3.22. The third kappa shape index (κ3) is 4.20. The van der Waals surface area contributed by atoms with E-state index in [0.29, 0.717) is 11.4 Å². The lowest BCUT2D eigenvalue weighted by Crippen LogP contribution is -2.10.